The monoisotopic (exact) mass is 358 g/mol. The Morgan fingerprint density at radius 2 is 1.88 bits per heavy atom. The molecule has 0 aliphatic rings. The van der Waals surface area contributed by atoms with Gasteiger partial charge in [0.15, 0.2) is 18.1 Å². The molecule has 0 bridgehead atoms. The number of halogens is 1. The van der Waals surface area contributed by atoms with Crippen LogP contribution in [0, 0.1) is 17.1 Å². The van der Waals surface area contributed by atoms with Crippen LogP contribution in [-0.2, 0) is 4.79 Å². The molecule has 0 heterocycles. The zero-order chi connectivity index (χ0) is 18.9. The summed E-state index contributed by atoms with van der Waals surface area (Å²) in [6, 6.07) is 12.4. The first-order valence-corrected chi connectivity index (χ1v) is 7.86. The summed E-state index contributed by atoms with van der Waals surface area (Å²) in [4.78, 5) is 13.6. The maximum absolute atomic E-state index is 12.8. The molecule has 0 saturated heterocycles. The van der Waals surface area contributed by atoms with Crippen molar-refractivity contribution in [3.8, 4) is 23.3 Å². The Hall–Kier alpha value is -3.27. The van der Waals surface area contributed by atoms with Crippen molar-refractivity contribution in [2.24, 2.45) is 0 Å². The molecular weight excluding hydrogens is 339 g/mol. The quantitative estimate of drug-likeness (QED) is 0.725. The first kappa shape index (κ1) is 19.1. The van der Waals surface area contributed by atoms with Crippen molar-refractivity contribution in [2.75, 3.05) is 33.9 Å². The van der Waals surface area contributed by atoms with Crippen molar-refractivity contribution < 1.29 is 23.4 Å². The third kappa shape index (κ3) is 5.38. The van der Waals surface area contributed by atoms with E-state index in [1.165, 1.54) is 36.3 Å². The normalized spacial score (nSPS) is 9.92. The largest absolute Gasteiger partial charge is 0.493 e. The molecule has 0 unspecified atom stereocenters. The highest BCUT2D eigenvalue weighted by atomic mass is 19.1. The highest BCUT2D eigenvalue weighted by Crippen LogP contribution is 2.27. The van der Waals surface area contributed by atoms with Crippen molar-refractivity contribution in [3.63, 3.8) is 0 Å². The SMILES string of the molecule is COc1cc(C#N)ccc1OCC(=O)N(C)CCOc1ccc(F)cc1. The molecule has 2 rings (SSSR count). The van der Waals surface area contributed by atoms with Crippen molar-refractivity contribution >= 4 is 5.91 Å². The average Bonchev–Trinajstić information content (AvgIpc) is 2.67. The Balaban J connectivity index is 1.80. The number of methoxy groups -OCH3 is 1. The van der Waals surface area contributed by atoms with Crippen LogP contribution in [0.3, 0.4) is 0 Å². The molecule has 1 amide bonds. The zero-order valence-electron chi connectivity index (χ0n) is 14.6. The van der Waals surface area contributed by atoms with Crippen LogP contribution in [-0.4, -0.2) is 44.7 Å². The zero-order valence-corrected chi connectivity index (χ0v) is 14.6. The van der Waals surface area contributed by atoms with Crippen LogP contribution in [0.1, 0.15) is 5.56 Å². The van der Waals surface area contributed by atoms with Gasteiger partial charge in [-0.15, -0.1) is 0 Å². The molecular formula is C19H19FN2O4. The minimum Gasteiger partial charge on any atom is -0.493 e. The average molecular weight is 358 g/mol. The van der Waals surface area contributed by atoms with E-state index in [9.17, 15) is 9.18 Å². The second kappa shape index (κ2) is 9.28. The van der Waals surface area contributed by atoms with Gasteiger partial charge < -0.3 is 19.1 Å². The van der Waals surface area contributed by atoms with Gasteiger partial charge in [0.1, 0.15) is 18.2 Å². The van der Waals surface area contributed by atoms with Crippen molar-refractivity contribution in [1.29, 1.82) is 5.26 Å². The van der Waals surface area contributed by atoms with Crippen LogP contribution < -0.4 is 14.2 Å². The number of hydrogen-bond acceptors (Lipinski definition) is 5. The number of hydrogen-bond donors (Lipinski definition) is 0. The van der Waals surface area contributed by atoms with Gasteiger partial charge in [-0.3, -0.25) is 4.79 Å². The molecule has 2 aromatic rings. The van der Waals surface area contributed by atoms with Gasteiger partial charge in [0.05, 0.1) is 25.3 Å². The van der Waals surface area contributed by atoms with Gasteiger partial charge in [0.25, 0.3) is 5.91 Å². The molecule has 6 nitrogen and oxygen atoms in total. The second-order valence-corrected chi connectivity index (χ2v) is 5.38. The fourth-order valence-electron chi connectivity index (χ4n) is 2.06. The molecule has 0 aliphatic carbocycles. The van der Waals surface area contributed by atoms with Crippen molar-refractivity contribution in [2.45, 2.75) is 0 Å². The minimum absolute atomic E-state index is 0.171. The van der Waals surface area contributed by atoms with E-state index in [1.807, 2.05) is 6.07 Å². The molecule has 0 saturated carbocycles. The molecule has 0 N–H and O–H groups in total. The summed E-state index contributed by atoms with van der Waals surface area (Å²) in [5.74, 6) is 0.736. The van der Waals surface area contributed by atoms with E-state index >= 15 is 0 Å². The van der Waals surface area contributed by atoms with Gasteiger partial charge in [-0.2, -0.15) is 5.26 Å². The summed E-state index contributed by atoms with van der Waals surface area (Å²) >= 11 is 0. The fourth-order valence-corrected chi connectivity index (χ4v) is 2.06. The van der Waals surface area contributed by atoms with E-state index in [0.29, 0.717) is 29.4 Å². The Morgan fingerprint density at radius 1 is 1.15 bits per heavy atom. The Bertz CT molecular complexity index is 787. The third-order valence-electron chi connectivity index (χ3n) is 3.58. The van der Waals surface area contributed by atoms with Gasteiger partial charge in [-0.1, -0.05) is 0 Å². The van der Waals surface area contributed by atoms with Crippen molar-refractivity contribution in [1.82, 2.24) is 4.90 Å². The smallest absolute Gasteiger partial charge is 0.260 e. The number of ether oxygens (including phenoxy) is 3. The highest BCUT2D eigenvalue weighted by Gasteiger charge is 2.12. The lowest BCUT2D eigenvalue weighted by molar-refractivity contribution is -0.132. The van der Waals surface area contributed by atoms with E-state index in [-0.39, 0.29) is 24.9 Å². The number of carbonyl (C=O) groups is 1. The molecule has 0 spiro atoms. The predicted molar refractivity (Wildman–Crippen MR) is 92.7 cm³/mol. The number of amides is 1. The Kier molecular flexibility index (Phi) is 6.80. The lowest BCUT2D eigenvalue weighted by Gasteiger charge is -2.18. The number of carbonyl (C=O) groups excluding carboxylic acids is 1. The molecule has 26 heavy (non-hydrogen) atoms. The first-order valence-electron chi connectivity index (χ1n) is 7.86. The van der Waals surface area contributed by atoms with Crippen molar-refractivity contribution in [3.05, 3.63) is 53.8 Å². The maximum atomic E-state index is 12.8. The Morgan fingerprint density at radius 3 is 2.54 bits per heavy atom. The van der Waals surface area contributed by atoms with Gasteiger partial charge in [-0.05, 0) is 36.4 Å². The number of likely N-dealkylation sites (N-methyl/N-ethyl adjacent to an activating group) is 1. The minimum atomic E-state index is -0.333. The molecule has 0 atom stereocenters. The fraction of sp³-hybridized carbons (Fsp3) is 0.263. The van der Waals surface area contributed by atoms with E-state index in [1.54, 1.807) is 25.2 Å². The molecule has 2 aromatic carbocycles. The van der Waals surface area contributed by atoms with Gasteiger partial charge in [0.2, 0.25) is 0 Å². The molecule has 0 radical (unpaired) electrons. The third-order valence-corrected chi connectivity index (χ3v) is 3.58. The summed E-state index contributed by atoms with van der Waals surface area (Å²) in [6.07, 6.45) is 0. The van der Waals surface area contributed by atoms with Gasteiger partial charge in [-0.25, -0.2) is 4.39 Å². The summed E-state index contributed by atoms with van der Waals surface area (Å²) in [5.41, 5.74) is 0.440. The number of nitrogens with zero attached hydrogens (tertiary/aromatic N) is 2. The van der Waals surface area contributed by atoms with Crippen LogP contribution in [0.5, 0.6) is 17.2 Å². The first-order chi connectivity index (χ1) is 12.5. The summed E-state index contributed by atoms with van der Waals surface area (Å²) in [6.45, 7) is 0.452. The molecule has 0 aliphatic heterocycles. The lowest BCUT2D eigenvalue weighted by Crippen LogP contribution is -2.34. The van der Waals surface area contributed by atoms with Crippen LogP contribution in [0.2, 0.25) is 0 Å². The topological polar surface area (TPSA) is 71.8 Å². The standard InChI is InChI=1S/C19H19FN2O4/c1-22(9-10-25-16-6-4-15(20)5-7-16)19(23)13-26-17-8-3-14(12-21)11-18(17)24-2/h3-8,11H,9-10,13H2,1-2H3. The van der Waals surface area contributed by atoms with E-state index in [4.69, 9.17) is 19.5 Å². The van der Waals surface area contributed by atoms with E-state index in [0.717, 1.165) is 0 Å². The maximum Gasteiger partial charge on any atom is 0.260 e. The lowest BCUT2D eigenvalue weighted by atomic mass is 10.2. The van der Waals surface area contributed by atoms with Crippen LogP contribution in [0.25, 0.3) is 0 Å². The summed E-state index contributed by atoms with van der Waals surface area (Å²) in [7, 11) is 3.10. The predicted octanol–water partition coefficient (Wildman–Crippen LogP) is 2.62. The van der Waals surface area contributed by atoms with E-state index in [2.05, 4.69) is 0 Å². The molecule has 7 heteroatoms. The number of nitriles is 1. The summed E-state index contributed by atoms with van der Waals surface area (Å²) < 4.78 is 28.9. The summed E-state index contributed by atoms with van der Waals surface area (Å²) in [5, 5.41) is 8.88. The molecule has 0 fully saturated rings. The van der Waals surface area contributed by atoms with E-state index < -0.39 is 0 Å². The Labute approximate surface area is 151 Å². The second-order valence-electron chi connectivity index (χ2n) is 5.38. The molecule has 0 aromatic heterocycles. The van der Waals surface area contributed by atoms with Gasteiger partial charge in [0, 0.05) is 13.1 Å². The number of benzene rings is 2. The van der Waals surface area contributed by atoms with Crippen LogP contribution in [0.4, 0.5) is 4.39 Å². The van der Waals surface area contributed by atoms with Crippen LogP contribution >= 0.6 is 0 Å². The number of rotatable bonds is 8. The van der Waals surface area contributed by atoms with Gasteiger partial charge >= 0.3 is 0 Å². The van der Waals surface area contributed by atoms with Crippen LogP contribution in [0.15, 0.2) is 42.5 Å². The highest BCUT2D eigenvalue weighted by molar-refractivity contribution is 5.77. The molecule has 136 valence electrons.